The summed E-state index contributed by atoms with van der Waals surface area (Å²) in [6.45, 7) is 34.3. The first-order chi connectivity index (χ1) is 15.0. The van der Waals surface area contributed by atoms with Gasteiger partial charge in [-0.05, 0) is 84.7 Å². The molecule has 0 saturated carbocycles. The van der Waals surface area contributed by atoms with Crippen LogP contribution in [-0.4, -0.2) is 25.0 Å². The normalized spacial score (nSPS) is 14.3. The highest BCUT2D eigenvalue weighted by molar-refractivity contribution is 6.75. The number of fused-ring (bicyclic) bond motifs is 1. The monoisotopic (exact) mass is 518 g/mol. The van der Waals surface area contributed by atoms with Crippen LogP contribution in [0.2, 0.25) is 54.4 Å². The highest BCUT2D eigenvalue weighted by Crippen LogP contribution is 2.45. The van der Waals surface area contributed by atoms with E-state index in [1.807, 2.05) is 0 Å². The average molecular weight is 519 g/mol. The molecule has 0 aromatic heterocycles. The lowest BCUT2D eigenvalue weighted by Crippen LogP contribution is -2.44. The number of hydrogen-bond acceptors (Lipinski definition) is 3. The molecular formula is C28H50O3Si3. The van der Waals surface area contributed by atoms with Crippen molar-refractivity contribution in [2.45, 2.75) is 117 Å². The smallest absolute Gasteiger partial charge is 0.250 e. The minimum atomic E-state index is -2.02. The second-order valence-electron chi connectivity index (χ2n) is 14.4. The van der Waals surface area contributed by atoms with Crippen LogP contribution in [0, 0.1) is 0 Å². The van der Waals surface area contributed by atoms with Crippen molar-refractivity contribution in [2.75, 3.05) is 0 Å². The predicted octanol–water partition coefficient (Wildman–Crippen LogP) is 9.99. The first-order valence-corrected chi connectivity index (χ1v) is 21.3. The van der Waals surface area contributed by atoms with Gasteiger partial charge in [0.1, 0.15) is 17.2 Å². The molecule has 34 heavy (non-hydrogen) atoms. The van der Waals surface area contributed by atoms with Crippen molar-refractivity contribution >= 4 is 35.7 Å². The van der Waals surface area contributed by atoms with E-state index in [2.05, 4.69) is 132 Å². The van der Waals surface area contributed by atoms with Crippen LogP contribution in [-0.2, 0) is 0 Å². The summed E-state index contributed by atoms with van der Waals surface area (Å²) in [5.41, 5.74) is 0. The van der Waals surface area contributed by atoms with Gasteiger partial charge in [-0.15, -0.1) is 0 Å². The molecule has 0 bridgehead atoms. The SMILES string of the molecule is CC(C)(C)[Si](C)(C)Oc1ccc2c(O[Si](C)(C)C(C)(C)C)ccc(O[Si](C)(C)C(C)(C)C)c2c1. The molecule has 0 N–H and O–H groups in total. The first kappa shape index (κ1) is 29.0. The largest absolute Gasteiger partial charge is 0.543 e. The molecular weight excluding hydrogens is 469 g/mol. The molecule has 0 atom stereocenters. The Morgan fingerprint density at radius 3 is 1.21 bits per heavy atom. The summed E-state index contributed by atoms with van der Waals surface area (Å²) < 4.78 is 20.3. The van der Waals surface area contributed by atoms with E-state index in [0.29, 0.717) is 0 Å². The number of hydrogen-bond donors (Lipinski definition) is 0. The van der Waals surface area contributed by atoms with Crippen LogP contribution in [0.3, 0.4) is 0 Å². The van der Waals surface area contributed by atoms with Gasteiger partial charge in [0.05, 0.1) is 0 Å². The van der Waals surface area contributed by atoms with Crippen molar-refractivity contribution in [1.29, 1.82) is 0 Å². The molecule has 0 aliphatic heterocycles. The molecule has 2 aromatic rings. The molecule has 0 spiro atoms. The van der Waals surface area contributed by atoms with E-state index in [9.17, 15) is 0 Å². The van der Waals surface area contributed by atoms with Crippen LogP contribution >= 0.6 is 0 Å². The molecule has 0 heterocycles. The Hall–Kier alpha value is -1.25. The molecule has 192 valence electrons. The van der Waals surface area contributed by atoms with Gasteiger partial charge in [-0.2, -0.15) is 0 Å². The Kier molecular flexibility index (Phi) is 7.67. The third kappa shape index (κ3) is 6.11. The molecule has 0 fully saturated rings. The van der Waals surface area contributed by atoms with Gasteiger partial charge in [-0.1, -0.05) is 62.3 Å². The summed E-state index contributed by atoms with van der Waals surface area (Å²) in [6.07, 6.45) is 0. The van der Waals surface area contributed by atoms with Crippen molar-refractivity contribution < 1.29 is 13.3 Å². The lowest BCUT2D eigenvalue weighted by molar-refractivity contribution is 0.485. The summed E-state index contributed by atoms with van der Waals surface area (Å²) in [7, 11) is -5.97. The maximum atomic E-state index is 6.83. The molecule has 2 rings (SSSR count). The molecule has 2 aromatic carbocycles. The van der Waals surface area contributed by atoms with Crippen LogP contribution in [0.1, 0.15) is 62.3 Å². The van der Waals surface area contributed by atoms with Gasteiger partial charge >= 0.3 is 0 Å². The highest BCUT2D eigenvalue weighted by atomic mass is 28.4. The Morgan fingerprint density at radius 1 is 0.471 bits per heavy atom. The molecule has 0 saturated heterocycles. The van der Waals surface area contributed by atoms with Crippen molar-refractivity contribution in [1.82, 2.24) is 0 Å². The minimum Gasteiger partial charge on any atom is -0.543 e. The van der Waals surface area contributed by atoms with Gasteiger partial charge in [-0.3, -0.25) is 0 Å². The fourth-order valence-corrected chi connectivity index (χ4v) is 5.91. The second-order valence-corrected chi connectivity index (χ2v) is 28.5. The van der Waals surface area contributed by atoms with E-state index in [4.69, 9.17) is 13.3 Å². The third-order valence-corrected chi connectivity index (χ3v) is 21.5. The summed E-state index contributed by atoms with van der Waals surface area (Å²) in [6, 6.07) is 10.7. The van der Waals surface area contributed by atoms with E-state index < -0.39 is 25.0 Å². The van der Waals surface area contributed by atoms with Crippen molar-refractivity contribution in [3.8, 4) is 17.2 Å². The molecule has 0 amide bonds. The fourth-order valence-electron chi connectivity index (χ4n) is 2.82. The van der Waals surface area contributed by atoms with Gasteiger partial charge in [0.25, 0.3) is 16.6 Å². The van der Waals surface area contributed by atoms with E-state index in [1.54, 1.807) is 0 Å². The van der Waals surface area contributed by atoms with Gasteiger partial charge in [0.2, 0.25) is 8.32 Å². The molecule has 6 heteroatoms. The lowest BCUT2D eigenvalue weighted by Gasteiger charge is -2.38. The first-order valence-electron chi connectivity index (χ1n) is 12.6. The van der Waals surface area contributed by atoms with Gasteiger partial charge in [0, 0.05) is 10.8 Å². The van der Waals surface area contributed by atoms with Crippen LogP contribution in [0.4, 0.5) is 0 Å². The third-order valence-electron chi connectivity index (χ3n) is 8.43. The molecule has 3 nitrogen and oxygen atoms in total. The van der Waals surface area contributed by atoms with Crippen molar-refractivity contribution in [3.63, 3.8) is 0 Å². The fraction of sp³-hybridized carbons (Fsp3) is 0.643. The molecule has 0 unspecified atom stereocenters. The summed E-state index contributed by atoms with van der Waals surface area (Å²) in [5.74, 6) is 2.80. The van der Waals surface area contributed by atoms with Crippen molar-refractivity contribution in [2.24, 2.45) is 0 Å². The molecule has 0 radical (unpaired) electrons. The predicted molar refractivity (Wildman–Crippen MR) is 157 cm³/mol. The van der Waals surface area contributed by atoms with E-state index >= 15 is 0 Å². The summed E-state index contributed by atoms with van der Waals surface area (Å²) >= 11 is 0. The van der Waals surface area contributed by atoms with E-state index in [-0.39, 0.29) is 15.1 Å². The summed E-state index contributed by atoms with van der Waals surface area (Å²) in [5, 5.41) is 2.56. The Labute approximate surface area is 213 Å². The zero-order valence-electron chi connectivity index (χ0n) is 24.6. The Bertz CT molecular complexity index is 1020. The van der Waals surface area contributed by atoms with Gasteiger partial charge in [-0.25, -0.2) is 0 Å². The minimum absolute atomic E-state index is 0.116. The Morgan fingerprint density at radius 2 is 0.824 bits per heavy atom. The maximum absolute atomic E-state index is 6.83. The molecule has 0 aliphatic carbocycles. The second kappa shape index (κ2) is 9.00. The maximum Gasteiger partial charge on any atom is 0.250 e. The van der Waals surface area contributed by atoms with Crippen LogP contribution in [0.5, 0.6) is 17.2 Å². The Balaban J connectivity index is 2.68. The van der Waals surface area contributed by atoms with Crippen LogP contribution in [0.15, 0.2) is 30.3 Å². The van der Waals surface area contributed by atoms with Crippen LogP contribution in [0.25, 0.3) is 10.8 Å². The summed E-state index contributed by atoms with van der Waals surface area (Å²) in [4.78, 5) is 0. The zero-order chi connectivity index (χ0) is 26.5. The lowest BCUT2D eigenvalue weighted by atomic mass is 10.1. The molecule has 0 aliphatic rings. The van der Waals surface area contributed by atoms with Crippen LogP contribution < -0.4 is 13.3 Å². The van der Waals surface area contributed by atoms with Gasteiger partial charge < -0.3 is 13.3 Å². The zero-order valence-corrected chi connectivity index (χ0v) is 27.6. The van der Waals surface area contributed by atoms with Gasteiger partial charge in [0.15, 0.2) is 0 Å². The topological polar surface area (TPSA) is 27.7 Å². The van der Waals surface area contributed by atoms with E-state index in [1.165, 1.54) is 0 Å². The number of benzene rings is 2. The number of rotatable bonds is 6. The standard InChI is InChI=1S/C28H50O3Si3/c1-26(2,3)32(10,11)29-21-16-17-22-23(20-21)25(31-34(14,15)28(7,8)9)19-18-24(22)30-33(12,13)27(4,5)6/h16-20H,1-15H3. The van der Waals surface area contributed by atoms with E-state index in [0.717, 1.165) is 28.0 Å². The van der Waals surface area contributed by atoms with Crippen molar-refractivity contribution in [3.05, 3.63) is 30.3 Å². The average Bonchev–Trinajstić information content (AvgIpc) is 2.60. The quantitative estimate of drug-likeness (QED) is 0.356. The highest BCUT2D eigenvalue weighted by Gasteiger charge is 2.42.